The number of ether oxygens (including phenoxy) is 1. The third-order valence-corrected chi connectivity index (χ3v) is 7.40. The number of aromatic nitrogens is 4. The maximum atomic E-state index is 13.2. The van der Waals surface area contributed by atoms with E-state index in [2.05, 4.69) is 36.5 Å². The third kappa shape index (κ3) is 6.71. The van der Waals surface area contributed by atoms with Crippen LogP contribution in [0, 0.1) is 5.92 Å². The van der Waals surface area contributed by atoms with E-state index in [1.807, 2.05) is 35.5 Å². The first-order valence-electron chi connectivity index (χ1n) is 13.6. The number of carbonyl (C=O) groups excluding carboxylic acids is 2. The van der Waals surface area contributed by atoms with Crippen LogP contribution in [-0.4, -0.2) is 55.4 Å². The number of hydrogen-bond donors (Lipinski definition) is 3. The molecule has 0 aliphatic heterocycles. The summed E-state index contributed by atoms with van der Waals surface area (Å²) in [4.78, 5) is 25.2. The lowest BCUT2D eigenvalue weighted by Crippen LogP contribution is -2.33. The van der Waals surface area contributed by atoms with Crippen LogP contribution in [0.3, 0.4) is 0 Å². The maximum Gasteiger partial charge on any atom is 0.407 e. The van der Waals surface area contributed by atoms with E-state index >= 15 is 0 Å². The van der Waals surface area contributed by atoms with Crippen LogP contribution < -0.4 is 10.6 Å². The molecule has 2 saturated carbocycles. The fourth-order valence-electron chi connectivity index (χ4n) is 5.37. The molecule has 2 amide bonds. The van der Waals surface area contributed by atoms with E-state index in [4.69, 9.17) is 9.84 Å². The molecule has 2 fully saturated rings. The Kier molecular flexibility index (Phi) is 8.26. The number of aliphatic hydroxyl groups excluding tert-OH is 1. The summed E-state index contributed by atoms with van der Waals surface area (Å²) in [6.45, 7) is 10.2. The number of carbonyl (C=O) groups is 2. The van der Waals surface area contributed by atoms with Crippen LogP contribution in [0.1, 0.15) is 108 Å². The second kappa shape index (κ2) is 11.2. The lowest BCUT2D eigenvalue weighted by atomic mass is 9.87. The summed E-state index contributed by atoms with van der Waals surface area (Å²) >= 11 is 0. The van der Waals surface area contributed by atoms with Crippen LogP contribution in [0.2, 0.25) is 0 Å². The molecule has 2 aliphatic rings. The molecule has 204 valence electrons. The molecule has 10 heteroatoms. The van der Waals surface area contributed by atoms with Crippen LogP contribution in [0.5, 0.6) is 0 Å². The molecule has 2 aromatic rings. The van der Waals surface area contributed by atoms with Gasteiger partial charge in [-0.05, 0) is 85.5 Å². The van der Waals surface area contributed by atoms with E-state index in [1.54, 1.807) is 6.20 Å². The van der Waals surface area contributed by atoms with Crippen LogP contribution in [0.25, 0.3) is 0 Å². The summed E-state index contributed by atoms with van der Waals surface area (Å²) < 4.78 is 9.34. The zero-order chi connectivity index (χ0) is 26.7. The van der Waals surface area contributed by atoms with Gasteiger partial charge in [-0.1, -0.05) is 0 Å². The minimum absolute atomic E-state index is 0.0340. The van der Waals surface area contributed by atoms with Crippen molar-refractivity contribution in [3.05, 3.63) is 29.7 Å². The second-order valence-electron chi connectivity index (χ2n) is 11.9. The summed E-state index contributed by atoms with van der Waals surface area (Å²) in [5.41, 5.74) is 1.08. The van der Waals surface area contributed by atoms with E-state index < -0.39 is 0 Å². The summed E-state index contributed by atoms with van der Waals surface area (Å²) in [7, 11) is 0. The van der Waals surface area contributed by atoms with Crippen LogP contribution in [0.4, 0.5) is 10.6 Å². The maximum absolute atomic E-state index is 13.2. The van der Waals surface area contributed by atoms with Crippen molar-refractivity contribution < 1.29 is 19.4 Å². The summed E-state index contributed by atoms with van der Waals surface area (Å²) in [5, 5.41) is 24.6. The standard InChI is InChI=1S/C27H42N6O4/c1-17(2)29-26(36)37-22-11-8-19(12-22)23-13-24(33(31-23)27(3,4)5)30-25(35)20-14-28-32(15-20)21-9-6-18(16-34)7-10-21/h13-15,17-19,21-22,34H,6-12,16H2,1-5H3,(H,29,36)(H,30,35). The van der Waals surface area contributed by atoms with Crippen LogP contribution in [0.15, 0.2) is 18.5 Å². The number of anilines is 1. The van der Waals surface area contributed by atoms with Gasteiger partial charge in [-0.15, -0.1) is 0 Å². The molecule has 0 saturated heterocycles. The highest BCUT2D eigenvalue weighted by Crippen LogP contribution is 2.37. The predicted molar refractivity (Wildman–Crippen MR) is 141 cm³/mol. The first kappa shape index (κ1) is 27.2. The fourth-order valence-corrected chi connectivity index (χ4v) is 5.37. The largest absolute Gasteiger partial charge is 0.446 e. The van der Waals surface area contributed by atoms with Crippen LogP contribution in [-0.2, 0) is 10.3 Å². The Balaban J connectivity index is 1.43. The van der Waals surface area contributed by atoms with Crippen molar-refractivity contribution in [2.75, 3.05) is 11.9 Å². The zero-order valence-corrected chi connectivity index (χ0v) is 22.7. The topological polar surface area (TPSA) is 123 Å². The molecule has 2 aromatic heterocycles. The van der Waals surface area contributed by atoms with Gasteiger partial charge in [-0.25, -0.2) is 9.48 Å². The molecule has 37 heavy (non-hydrogen) atoms. The number of amides is 2. The minimum Gasteiger partial charge on any atom is -0.446 e. The van der Waals surface area contributed by atoms with Gasteiger partial charge in [0.25, 0.3) is 5.91 Å². The Morgan fingerprint density at radius 2 is 1.89 bits per heavy atom. The fraction of sp³-hybridized carbons (Fsp3) is 0.704. The molecule has 2 aliphatic carbocycles. The third-order valence-electron chi connectivity index (χ3n) is 7.40. The van der Waals surface area contributed by atoms with E-state index in [0.29, 0.717) is 23.7 Å². The van der Waals surface area contributed by atoms with Gasteiger partial charge in [0.2, 0.25) is 0 Å². The van der Waals surface area contributed by atoms with Gasteiger partial charge in [0.05, 0.1) is 29.0 Å². The van der Waals surface area contributed by atoms with Crippen molar-refractivity contribution in [1.29, 1.82) is 0 Å². The number of aliphatic hydroxyl groups is 1. The van der Waals surface area contributed by atoms with Gasteiger partial charge in [-0.3, -0.25) is 9.48 Å². The highest BCUT2D eigenvalue weighted by molar-refractivity contribution is 6.03. The number of alkyl carbamates (subject to hydrolysis) is 1. The van der Waals surface area contributed by atoms with Crippen molar-refractivity contribution >= 4 is 17.8 Å². The van der Waals surface area contributed by atoms with Crippen molar-refractivity contribution in [1.82, 2.24) is 24.9 Å². The summed E-state index contributed by atoms with van der Waals surface area (Å²) in [6, 6.07) is 2.24. The smallest absolute Gasteiger partial charge is 0.407 e. The average molecular weight is 515 g/mol. The molecule has 3 N–H and O–H groups in total. The van der Waals surface area contributed by atoms with Gasteiger partial charge in [0, 0.05) is 30.8 Å². The molecule has 0 aromatic carbocycles. The monoisotopic (exact) mass is 514 g/mol. The Bertz CT molecular complexity index is 1080. The van der Waals surface area contributed by atoms with Crippen molar-refractivity contribution in [2.24, 2.45) is 5.92 Å². The number of nitrogens with one attached hydrogen (secondary N) is 2. The molecular formula is C27H42N6O4. The van der Waals surface area contributed by atoms with Gasteiger partial charge < -0.3 is 20.5 Å². The van der Waals surface area contributed by atoms with Gasteiger partial charge in [0.15, 0.2) is 0 Å². The Hall–Kier alpha value is -2.88. The first-order chi connectivity index (χ1) is 17.5. The average Bonchev–Trinajstić information content (AvgIpc) is 3.58. The van der Waals surface area contributed by atoms with E-state index in [1.165, 1.54) is 0 Å². The molecule has 0 bridgehead atoms. The zero-order valence-electron chi connectivity index (χ0n) is 22.7. The molecule has 0 spiro atoms. The Morgan fingerprint density at radius 3 is 2.54 bits per heavy atom. The number of rotatable bonds is 7. The van der Waals surface area contributed by atoms with Crippen molar-refractivity contribution in [2.45, 2.75) is 109 Å². The first-order valence-corrected chi connectivity index (χ1v) is 13.6. The normalized spacial score (nSPS) is 24.3. The summed E-state index contributed by atoms with van der Waals surface area (Å²) in [6.07, 6.45) is 9.17. The summed E-state index contributed by atoms with van der Waals surface area (Å²) in [5.74, 6) is 0.962. The molecule has 4 rings (SSSR count). The van der Waals surface area contributed by atoms with Crippen LogP contribution >= 0.6 is 0 Å². The minimum atomic E-state index is -0.379. The molecule has 2 atom stereocenters. The SMILES string of the molecule is CC(C)NC(=O)OC1CCC(c2cc(NC(=O)c3cnn(C4CCC(CO)CC4)c3)n(C(C)(C)C)n2)C1. The molecule has 2 heterocycles. The second-order valence-corrected chi connectivity index (χ2v) is 11.9. The van der Waals surface area contributed by atoms with Crippen molar-refractivity contribution in [3.8, 4) is 0 Å². The molecular weight excluding hydrogens is 472 g/mol. The van der Waals surface area contributed by atoms with Gasteiger partial charge >= 0.3 is 6.09 Å². The van der Waals surface area contributed by atoms with Crippen molar-refractivity contribution in [3.63, 3.8) is 0 Å². The van der Waals surface area contributed by atoms with E-state index in [-0.39, 0.29) is 48.3 Å². The van der Waals surface area contributed by atoms with Gasteiger partial charge in [-0.2, -0.15) is 10.2 Å². The molecule has 2 unspecified atom stereocenters. The highest BCUT2D eigenvalue weighted by Gasteiger charge is 2.32. The quantitative estimate of drug-likeness (QED) is 0.497. The lowest BCUT2D eigenvalue weighted by Gasteiger charge is -2.27. The number of hydrogen-bond acceptors (Lipinski definition) is 6. The Morgan fingerprint density at radius 1 is 1.16 bits per heavy atom. The highest BCUT2D eigenvalue weighted by atomic mass is 16.6. The van der Waals surface area contributed by atoms with Gasteiger partial charge in [0.1, 0.15) is 11.9 Å². The Labute approximate surface area is 219 Å². The van der Waals surface area contributed by atoms with E-state index in [0.717, 1.165) is 44.2 Å². The number of nitrogens with zero attached hydrogens (tertiary/aromatic N) is 4. The van der Waals surface area contributed by atoms with E-state index in [9.17, 15) is 14.7 Å². The predicted octanol–water partition coefficient (Wildman–Crippen LogP) is 4.58. The molecule has 0 radical (unpaired) electrons. The molecule has 10 nitrogen and oxygen atoms in total. The lowest BCUT2D eigenvalue weighted by molar-refractivity contribution is 0.0979.